The number of hydrogen-bond acceptors (Lipinski definition) is 3. The number of nitrogens with one attached hydrogen (secondary N) is 2. The zero-order valence-electron chi connectivity index (χ0n) is 9.04. The number of carbonyl (C=O) groups is 1. The zero-order chi connectivity index (χ0) is 10.8. The van der Waals surface area contributed by atoms with Crippen molar-refractivity contribution in [2.24, 2.45) is 5.92 Å². The molecule has 0 aromatic carbocycles. The van der Waals surface area contributed by atoms with E-state index >= 15 is 0 Å². The largest absolute Gasteiger partial charge is 0.464 e. The molecule has 2 rings (SSSR count). The Morgan fingerprint density at radius 3 is 2.80 bits per heavy atom. The van der Waals surface area contributed by atoms with Crippen LogP contribution in [0.4, 0.5) is 0 Å². The summed E-state index contributed by atoms with van der Waals surface area (Å²) in [5, 5.41) is 6.01. The summed E-state index contributed by atoms with van der Waals surface area (Å²) >= 11 is 0. The average molecular weight is 208 g/mol. The SMILES string of the molecule is Cc1ccc(C(C)NC(=O)C2CNC2)o1. The molecule has 82 valence electrons. The third kappa shape index (κ3) is 2.21. The molecule has 0 aliphatic carbocycles. The van der Waals surface area contributed by atoms with Crippen LogP contribution in [0.5, 0.6) is 0 Å². The number of carbonyl (C=O) groups excluding carboxylic acids is 1. The number of furan rings is 1. The molecule has 1 aliphatic heterocycles. The molecule has 1 amide bonds. The fourth-order valence-electron chi connectivity index (χ4n) is 1.56. The fraction of sp³-hybridized carbons (Fsp3) is 0.545. The summed E-state index contributed by atoms with van der Waals surface area (Å²) in [4.78, 5) is 11.6. The summed E-state index contributed by atoms with van der Waals surface area (Å²) in [5.74, 6) is 1.92. The number of hydrogen-bond donors (Lipinski definition) is 2. The van der Waals surface area contributed by atoms with Crippen LogP contribution in [0.2, 0.25) is 0 Å². The van der Waals surface area contributed by atoms with Gasteiger partial charge >= 0.3 is 0 Å². The minimum atomic E-state index is -0.0493. The molecule has 4 nitrogen and oxygen atoms in total. The summed E-state index contributed by atoms with van der Waals surface area (Å²) < 4.78 is 5.45. The van der Waals surface area contributed by atoms with Gasteiger partial charge in [0.25, 0.3) is 0 Å². The minimum absolute atomic E-state index is 0.0493. The lowest BCUT2D eigenvalue weighted by molar-refractivity contribution is -0.127. The number of rotatable bonds is 3. The molecule has 1 aliphatic rings. The highest BCUT2D eigenvalue weighted by Gasteiger charge is 2.26. The maximum atomic E-state index is 11.6. The van der Waals surface area contributed by atoms with Crippen molar-refractivity contribution in [1.82, 2.24) is 10.6 Å². The van der Waals surface area contributed by atoms with E-state index in [-0.39, 0.29) is 17.9 Å². The van der Waals surface area contributed by atoms with E-state index in [1.165, 1.54) is 0 Å². The summed E-state index contributed by atoms with van der Waals surface area (Å²) in [6.45, 7) is 5.40. The first kappa shape index (κ1) is 10.2. The van der Waals surface area contributed by atoms with Gasteiger partial charge in [-0.3, -0.25) is 4.79 Å². The molecule has 0 spiro atoms. The van der Waals surface area contributed by atoms with Gasteiger partial charge in [0.15, 0.2) is 0 Å². The molecule has 4 heteroatoms. The molecule has 1 fully saturated rings. The van der Waals surface area contributed by atoms with E-state index in [0.29, 0.717) is 0 Å². The van der Waals surface area contributed by atoms with Crippen molar-refractivity contribution >= 4 is 5.91 Å². The van der Waals surface area contributed by atoms with E-state index in [0.717, 1.165) is 24.6 Å². The van der Waals surface area contributed by atoms with Crippen LogP contribution >= 0.6 is 0 Å². The second-order valence-electron chi connectivity index (χ2n) is 4.03. The molecule has 1 atom stereocenters. The van der Waals surface area contributed by atoms with Crippen LogP contribution in [0.3, 0.4) is 0 Å². The molecule has 15 heavy (non-hydrogen) atoms. The van der Waals surface area contributed by atoms with Gasteiger partial charge in [-0.25, -0.2) is 0 Å². The van der Waals surface area contributed by atoms with E-state index in [1.807, 2.05) is 26.0 Å². The van der Waals surface area contributed by atoms with Crippen molar-refractivity contribution in [1.29, 1.82) is 0 Å². The molecule has 0 bridgehead atoms. The highest BCUT2D eigenvalue weighted by Crippen LogP contribution is 2.16. The molecule has 2 heterocycles. The Kier molecular flexibility index (Phi) is 2.77. The Balaban J connectivity index is 1.91. The van der Waals surface area contributed by atoms with E-state index < -0.39 is 0 Å². The molecular weight excluding hydrogens is 192 g/mol. The lowest BCUT2D eigenvalue weighted by Crippen LogP contribution is -2.51. The van der Waals surface area contributed by atoms with Crippen LogP contribution in [0.25, 0.3) is 0 Å². The Morgan fingerprint density at radius 2 is 2.33 bits per heavy atom. The van der Waals surface area contributed by atoms with E-state index in [1.54, 1.807) is 0 Å². The number of aryl methyl sites for hydroxylation is 1. The summed E-state index contributed by atoms with van der Waals surface area (Å²) in [7, 11) is 0. The van der Waals surface area contributed by atoms with Gasteiger partial charge in [-0.1, -0.05) is 0 Å². The van der Waals surface area contributed by atoms with Crippen molar-refractivity contribution in [3.63, 3.8) is 0 Å². The van der Waals surface area contributed by atoms with Crippen molar-refractivity contribution in [3.05, 3.63) is 23.7 Å². The van der Waals surface area contributed by atoms with Crippen LogP contribution in [-0.2, 0) is 4.79 Å². The van der Waals surface area contributed by atoms with E-state index in [4.69, 9.17) is 4.42 Å². The van der Waals surface area contributed by atoms with Crippen LogP contribution in [0.1, 0.15) is 24.5 Å². The van der Waals surface area contributed by atoms with Crippen LogP contribution in [0.15, 0.2) is 16.5 Å². The summed E-state index contributed by atoms with van der Waals surface area (Å²) in [6, 6.07) is 3.76. The first-order chi connectivity index (χ1) is 7.16. The molecule has 2 N–H and O–H groups in total. The first-order valence-electron chi connectivity index (χ1n) is 5.24. The highest BCUT2D eigenvalue weighted by atomic mass is 16.3. The minimum Gasteiger partial charge on any atom is -0.464 e. The monoisotopic (exact) mass is 208 g/mol. The van der Waals surface area contributed by atoms with Gasteiger partial charge in [0.05, 0.1) is 12.0 Å². The number of amides is 1. The predicted octanol–water partition coefficient (Wildman–Crippen LogP) is 0.985. The van der Waals surface area contributed by atoms with Gasteiger partial charge in [0.1, 0.15) is 11.5 Å². The molecule has 1 unspecified atom stereocenters. The van der Waals surface area contributed by atoms with Gasteiger partial charge in [-0.2, -0.15) is 0 Å². The topological polar surface area (TPSA) is 54.3 Å². The van der Waals surface area contributed by atoms with Crippen molar-refractivity contribution < 1.29 is 9.21 Å². The predicted molar refractivity (Wildman–Crippen MR) is 56.4 cm³/mol. The van der Waals surface area contributed by atoms with Gasteiger partial charge in [-0.15, -0.1) is 0 Å². The lowest BCUT2D eigenvalue weighted by Gasteiger charge is -2.27. The van der Waals surface area contributed by atoms with Crippen LogP contribution < -0.4 is 10.6 Å². The third-order valence-corrected chi connectivity index (χ3v) is 2.70. The molecule has 1 aromatic heterocycles. The molecule has 0 radical (unpaired) electrons. The van der Waals surface area contributed by atoms with Crippen LogP contribution in [-0.4, -0.2) is 19.0 Å². The maximum absolute atomic E-state index is 11.6. The van der Waals surface area contributed by atoms with Crippen molar-refractivity contribution in [3.8, 4) is 0 Å². The van der Waals surface area contributed by atoms with E-state index in [9.17, 15) is 4.79 Å². The van der Waals surface area contributed by atoms with Gasteiger partial charge in [-0.05, 0) is 26.0 Å². The quantitative estimate of drug-likeness (QED) is 0.778. The molecule has 1 saturated heterocycles. The Morgan fingerprint density at radius 1 is 1.60 bits per heavy atom. The summed E-state index contributed by atoms with van der Waals surface area (Å²) in [6.07, 6.45) is 0. The first-order valence-corrected chi connectivity index (χ1v) is 5.24. The molecule has 0 saturated carbocycles. The van der Waals surface area contributed by atoms with Gasteiger partial charge < -0.3 is 15.1 Å². The van der Waals surface area contributed by atoms with Crippen molar-refractivity contribution in [2.75, 3.05) is 13.1 Å². The standard InChI is InChI=1S/C11H16N2O2/c1-7-3-4-10(15-7)8(2)13-11(14)9-5-12-6-9/h3-4,8-9,12H,5-6H2,1-2H3,(H,13,14). The van der Waals surface area contributed by atoms with Crippen LogP contribution in [0, 0.1) is 12.8 Å². The Hall–Kier alpha value is -1.29. The normalized spacial score (nSPS) is 18.3. The third-order valence-electron chi connectivity index (χ3n) is 2.70. The van der Waals surface area contributed by atoms with Gasteiger partial charge in [0, 0.05) is 13.1 Å². The zero-order valence-corrected chi connectivity index (χ0v) is 9.04. The molecule has 1 aromatic rings. The smallest absolute Gasteiger partial charge is 0.226 e. The Bertz CT molecular complexity index is 355. The average Bonchev–Trinajstić information content (AvgIpc) is 2.48. The maximum Gasteiger partial charge on any atom is 0.226 e. The van der Waals surface area contributed by atoms with Crippen molar-refractivity contribution in [2.45, 2.75) is 19.9 Å². The van der Waals surface area contributed by atoms with E-state index in [2.05, 4.69) is 10.6 Å². The highest BCUT2D eigenvalue weighted by molar-refractivity contribution is 5.80. The summed E-state index contributed by atoms with van der Waals surface area (Å²) in [5.41, 5.74) is 0. The Labute approximate surface area is 89.0 Å². The second kappa shape index (κ2) is 4.06. The van der Waals surface area contributed by atoms with Gasteiger partial charge in [0.2, 0.25) is 5.91 Å². The fourth-order valence-corrected chi connectivity index (χ4v) is 1.56. The lowest BCUT2D eigenvalue weighted by atomic mass is 10.0. The second-order valence-corrected chi connectivity index (χ2v) is 4.03. The molecular formula is C11H16N2O2.